The maximum Gasteiger partial charge on any atom is 0.146 e. The Balaban J connectivity index is 1.50. The van der Waals surface area contributed by atoms with Gasteiger partial charge in [0.25, 0.3) is 0 Å². The number of rotatable bonds is 8. The molecule has 2 heterocycles. The Morgan fingerprint density at radius 1 is 0.850 bits per heavy atom. The number of aliphatic hydroxyl groups is 1. The molecule has 1 aliphatic carbocycles. The molecule has 0 aliphatic heterocycles. The molecule has 0 atom stereocenters. The molecule has 0 radical (unpaired) electrons. The SMILES string of the molecule is N=c1c2c(-c3ccccc3)c(-c3ccccc3)n(CCc3ccccc3)c2ncn1CCC1(S)CCC(O)CC1. The number of nitrogens with zero attached hydrogens (tertiary/aromatic N) is 3. The minimum absolute atomic E-state index is 0.118. The van der Waals surface area contributed by atoms with Crippen LogP contribution in [0, 0.1) is 5.41 Å². The molecule has 5 aromatic rings. The van der Waals surface area contributed by atoms with Crippen molar-refractivity contribution in [3.05, 3.63) is 108 Å². The van der Waals surface area contributed by atoms with Gasteiger partial charge in [0.15, 0.2) is 0 Å². The van der Waals surface area contributed by atoms with Crippen LogP contribution in [0.2, 0.25) is 0 Å². The molecule has 0 unspecified atom stereocenters. The summed E-state index contributed by atoms with van der Waals surface area (Å²) < 4.78 is 4.17. The fourth-order valence-corrected chi connectivity index (χ4v) is 6.42. The summed E-state index contributed by atoms with van der Waals surface area (Å²) in [6, 6.07) is 31.5. The normalized spacial score (nSPS) is 19.2. The largest absolute Gasteiger partial charge is 0.393 e. The van der Waals surface area contributed by atoms with Crippen LogP contribution < -0.4 is 5.49 Å². The van der Waals surface area contributed by atoms with Crippen LogP contribution >= 0.6 is 12.6 Å². The lowest BCUT2D eigenvalue weighted by Gasteiger charge is -2.35. The Morgan fingerprint density at radius 3 is 2.10 bits per heavy atom. The average Bonchev–Trinajstić information content (AvgIpc) is 3.34. The molecule has 3 aromatic carbocycles. The summed E-state index contributed by atoms with van der Waals surface area (Å²) in [5.41, 5.74) is 6.96. The third-order valence-corrected chi connectivity index (χ3v) is 9.03. The smallest absolute Gasteiger partial charge is 0.146 e. The first-order chi connectivity index (χ1) is 19.5. The third-order valence-electron chi connectivity index (χ3n) is 8.36. The molecule has 0 amide bonds. The molecule has 0 bridgehead atoms. The second-order valence-electron chi connectivity index (χ2n) is 11.0. The van der Waals surface area contributed by atoms with Gasteiger partial charge in [-0.3, -0.25) is 5.41 Å². The van der Waals surface area contributed by atoms with Gasteiger partial charge in [-0.2, -0.15) is 12.6 Å². The van der Waals surface area contributed by atoms with Crippen LogP contribution in [0.4, 0.5) is 0 Å². The van der Waals surface area contributed by atoms with Gasteiger partial charge in [-0.1, -0.05) is 91.0 Å². The minimum atomic E-state index is -0.210. The van der Waals surface area contributed by atoms with E-state index >= 15 is 0 Å². The van der Waals surface area contributed by atoms with Gasteiger partial charge in [0.2, 0.25) is 0 Å². The van der Waals surface area contributed by atoms with Crippen molar-refractivity contribution in [3.63, 3.8) is 0 Å². The molecule has 0 saturated heterocycles. The van der Waals surface area contributed by atoms with E-state index in [0.717, 1.165) is 78.5 Å². The van der Waals surface area contributed by atoms with E-state index in [1.807, 2.05) is 23.0 Å². The topological polar surface area (TPSA) is 66.8 Å². The molecular weight excluding hydrogens is 512 g/mol. The average molecular weight is 549 g/mol. The summed E-state index contributed by atoms with van der Waals surface area (Å²) in [6.45, 7) is 1.43. The van der Waals surface area contributed by atoms with Gasteiger partial charge in [-0.05, 0) is 55.2 Å². The maximum absolute atomic E-state index is 9.99. The molecule has 1 fully saturated rings. The second-order valence-corrected chi connectivity index (χ2v) is 12.0. The van der Waals surface area contributed by atoms with Crippen molar-refractivity contribution in [2.24, 2.45) is 0 Å². The quantitative estimate of drug-likeness (QED) is 0.185. The van der Waals surface area contributed by atoms with Gasteiger partial charge in [-0.25, -0.2) is 4.98 Å². The lowest BCUT2D eigenvalue weighted by Crippen LogP contribution is -2.33. The first kappa shape index (κ1) is 26.6. The van der Waals surface area contributed by atoms with E-state index in [0.29, 0.717) is 12.0 Å². The molecule has 2 N–H and O–H groups in total. The first-order valence-electron chi connectivity index (χ1n) is 14.2. The lowest BCUT2D eigenvalue weighted by molar-refractivity contribution is 0.114. The van der Waals surface area contributed by atoms with Crippen molar-refractivity contribution < 1.29 is 5.11 Å². The minimum Gasteiger partial charge on any atom is -0.393 e. The zero-order valence-corrected chi connectivity index (χ0v) is 23.6. The Kier molecular flexibility index (Phi) is 7.63. The number of aryl methyl sites for hydroxylation is 3. The van der Waals surface area contributed by atoms with Crippen LogP contribution in [-0.2, 0) is 19.5 Å². The van der Waals surface area contributed by atoms with E-state index in [2.05, 4.69) is 83.4 Å². The number of aliphatic hydroxyl groups excluding tert-OH is 1. The second kappa shape index (κ2) is 11.5. The molecule has 1 saturated carbocycles. The maximum atomic E-state index is 9.99. The number of thiol groups is 1. The molecule has 0 spiro atoms. The van der Waals surface area contributed by atoms with Gasteiger partial charge in [0.1, 0.15) is 11.1 Å². The van der Waals surface area contributed by atoms with Crippen LogP contribution in [0.25, 0.3) is 33.4 Å². The van der Waals surface area contributed by atoms with E-state index in [-0.39, 0.29) is 10.9 Å². The number of aromatic nitrogens is 3. The summed E-state index contributed by atoms with van der Waals surface area (Å²) in [4.78, 5) is 5.03. The van der Waals surface area contributed by atoms with Crippen molar-refractivity contribution in [1.29, 1.82) is 5.41 Å². The molecule has 40 heavy (non-hydrogen) atoms. The number of benzene rings is 3. The molecule has 6 rings (SSSR count). The lowest BCUT2D eigenvalue weighted by atomic mass is 9.84. The summed E-state index contributed by atoms with van der Waals surface area (Å²) in [5, 5.41) is 20.3. The predicted octanol–water partition coefficient (Wildman–Crippen LogP) is 6.89. The van der Waals surface area contributed by atoms with E-state index in [9.17, 15) is 10.5 Å². The van der Waals surface area contributed by atoms with Crippen LogP contribution in [0.15, 0.2) is 97.3 Å². The van der Waals surface area contributed by atoms with Crippen LogP contribution in [0.5, 0.6) is 0 Å². The molecular formula is C34H36N4OS. The number of fused-ring (bicyclic) bond motifs is 1. The highest BCUT2D eigenvalue weighted by Gasteiger charge is 2.31. The highest BCUT2D eigenvalue weighted by atomic mass is 32.1. The Morgan fingerprint density at radius 2 is 1.45 bits per heavy atom. The standard InChI is InChI=1S/C34H36N4OS/c35-32-30-29(26-12-6-2-7-13-26)31(27-14-8-3-9-15-27)38(22-18-25-10-4-1-5-11-25)33(30)36-24-37(32)23-21-34(40)19-16-28(39)17-20-34/h1-15,24,28,35,39-40H,16-23H2. The summed E-state index contributed by atoms with van der Waals surface area (Å²) >= 11 is 5.03. The van der Waals surface area contributed by atoms with Crippen LogP contribution in [0.3, 0.4) is 0 Å². The third kappa shape index (κ3) is 5.38. The van der Waals surface area contributed by atoms with Crippen molar-refractivity contribution >= 4 is 23.7 Å². The zero-order valence-electron chi connectivity index (χ0n) is 22.7. The number of nitrogens with one attached hydrogen (secondary N) is 1. The van der Waals surface area contributed by atoms with E-state index in [1.165, 1.54) is 5.56 Å². The van der Waals surface area contributed by atoms with Crippen molar-refractivity contribution in [1.82, 2.24) is 14.1 Å². The highest BCUT2D eigenvalue weighted by Crippen LogP contribution is 2.40. The zero-order chi connectivity index (χ0) is 27.5. The van der Waals surface area contributed by atoms with Crippen LogP contribution in [-0.4, -0.2) is 30.1 Å². The molecule has 5 nitrogen and oxygen atoms in total. The van der Waals surface area contributed by atoms with Crippen molar-refractivity contribution in [3.8, 4) is 22.4 Å². The number of hydrogen-bond acceptors (Lipinski definition) is 4. The molecule has 1 aliphatic rings. The van der Waals surface area contributed by atoms with Gasteiger partial charge < -0.3 is 14.2 Å². The summed E-state index contributed by atoms with van der Waals surface area (Å²) in [7, 11) is 0. The van der Waals surface area contributed by atoms with E-state index in [4.69, 9.17) is 17.6 Å². The van der Waals surface area contributed by atoms with Crippen molar-refractivity contribution in [2.75, 3.05) is 0 Å². The van der Waals surface area contributed by atoms with Crippen molar-refractivity contribution in [2.45, 2.75) is 62.5 Å². The molecule has 2 aromatic heterocycles. The van der Waals surface area contributed by atoms with Gasteiger partial charge in [0.05, 0.1) is 23.5 Å². The number of hydrogen-bond donors (Lipinski definition) is 3. The fraction of sp³-hybridized carbons (Fsp3) is 0.294. The highest BCUT2D eigenvalue weighted by molar-refractivity contribution is 7.81. The van der Waals surface area contributed by atoms with Gasteiger partial charge in [0, 0.05) is 23.4 Å². The monoisotopic (exact) mass is 548 g/mol. The Hall–Kier alpha value is -3.61. The predicted molar refractivity (Wildman–Crippen MR) is 165 cm³/mol. The van der Waals surface area contributed by atoms with E-state index in [1.54, 1.807) is 0 Å². The first-order valence-corrected chi connectivity index (χ1v) is 14.7. The Bertz CT molecular complexity index is 1640. The molecule has 6 heteroatoms. The van der Waals surface area contributed by atoms with Crippen LogP contribution in [0.1, 0.15) is 37.7 Å². The van der Waals surface area contributed by atoms with E-state index < -0.39 is 0 Å². The fourth-order valence-electron chi connectivity index (χ4n) is 6.06. The van der Waals surface area contributed by atoms with Gasteiger partial charge in [-0.15, -0.1) is 0 Å². The summed E-state index contributed by atoms with van der Waals surface area (Å²) in [5.74, 6) is 0. The summed E-state index contributed by atoms with van der Waals surface area (Å²) in [6.07, 6.45) is 6.71. The molecule has 204 valence electrons. The van der Waals surface area contributed by atoms with Gasteiger partial charge >= 0.3 is 0 Å². The Labute approximate surface area is 241 Å².